The van der Waals surface area contributed by atoms with E-state index in [1.165, 1.54) is 6.26 Å². The monoisotopic (exact) mass is 255 g/mol. The van der Waals surface area contributed by atoms with Crippen molar-refractivity contribution in [1.82, 2.24) is 9.97 Å². The van der Waals surface area contributed by atoms with Crippen molar-refractivity contribution in [3.05, 3.63) is 17.6 Å². The van der Waals surface area contributed by atoms with Crippen LogP contribution in [0.15, 0.2) is 16.7 Å². The highest BCUT2D eigenvalue weighted by molar-refractivity contribution is 6.28. The third-order valence-corrected chi connectivity index (χ3v) is 2.31. The fourth-order valence-electron chi connectivity index (χ4n) is 1.48. The molecule has 2 aromatic rings. The summed E-state index contributed by atoms with van der Waals surface area (Å²) in [6, 6.07) is 1.38. The van der Waals surface area contributed by atoms with E-state index < -0.39 is 5.97 Å². The van der Waals surface area contributed by atoms with E-state index in [-0.39, 0.29) is 17.7 Å². The van der Waals surface area contributed by atoms with E-state index in [0.29, 0.717) is 16.9 Å². The lowest BCUT2D eigenvalue weighted by atomic mass is 10.2. The van der Waals surface area contributed by atoms with Gasteiger partial charge in [-0.2, -0.15) is 4.98 Å². The fourth-order valence-corrected chi connectivity index (χ4v) is 1.65. The van der Waals surface area contributed by atoms with E-state index >= 15 is 0 Å². The molecule has 2 heterocycles. The molecule has 0 saturated heterocycles. The minimum Gasteiger partial charge on any atom is -0.481 e. The number of fused-ring (bicyclic) bond motifs is 1. The van der Waals surface area contributed by atoms with Crippen LogP contribution in [0.3, 0.4) is 0 Å². The van der Waals surface area contributed by atoms with Crippen molar-refractivity contribution in [3.8, 4) is 0 Å². The number of halogens is 1. The summed E-state index contributed by atoms with van der Waals surface area (Å²) < 4.78 is 5.22. The number of carbonyl (C=O) groups is 1. The Kier molecular flexibility index (Phi) is 3.14. The zero-order chi connectivity index (χ0) is 12.4. The summed E-state index contributed by atoms with van der Waals surface area (Å²) in [5.74, 6) is -0.486. The van der Waals surface area contributed by atoms with Gasteiger partial charge in [0.1, 0.15) is 5.52 Å². The molecular weight excluding hydrogens is 246 g/mol. The summed E-state index contributed by atoms with van der Waals surface area (Å²) >= 11 is 5.75. The van der Waals surface area contributed by atoms with Gasteiger partial charge in [0.15, 0.2) is 11.4 Å². The maximum Gasteiger partial charge on any atom is 0.305 e. The quantitative estimate of drug-likeness (QED) is 0.814. The second-order valence-electron chi connectivity index (χ2n) is 3.62. The van der Waals surface area contributed by atoms with Gasteiger partial charge in [-0.3, -0.25) is 4.79 Å². The van der Waals surface area contributed by atoms with Crippen LogP contribution in [0.2, 0.25) is 5.28 Å². The number of rotatable bonds is 4. The first-order valence-corrected chi connectivity index (χ1v) is 5.33. The Morgan fingerprint density at radius 2 is 2.41 bits per heavy atom. The van der Waals surface area contributed by atoms with Crippen LogP contribution in [0.25, 0.3) is 11.1 Å². The normalized spacial score (nSPS) is 12.6. The number of nitrogens with zero attached hydrogens (tertiary/aromatic N) is 2. The topological polar surface area (TPSA) is 88.2 Å². The molecule has 0 spiro atoms. The fraction of sp³-hybridized carbons (Fsp3) is 0.300. The van der Waals surface area contributed by atoms with Crippen LogP contribution in [0.5, 0.6) is 0 Å². The largest absolute Gasteiger partial charge is 0.481 e. The number of carboxylic acids is 1. The molecule has 2 rings (SSSR count). The van der Waals surface area contributed by atoms with Crippen molar-refractivity contribution in [2.24, 2.45) is 0 Å². The van der Waals surface area contributed by atoms with Crippen molar-refractivity contribution >= 4 is 34.5 Å². The van der Waals surface area contributed by atoms with Crippen LogP contribution in [-0.2, 0) is 4.79 Å². The van der Waals surface area contributed by atoms with Gasteiger partial charge < -0.3 is 14.8 Å². The van der Waals surface area contributed by atoms with Gasteiger partial charge in [0.05, 0.1) is 12.7 Å². The smallest absolute Gasteiger partial charge is 0.305 e. The van der Waals surface area contributed by atoms with Crippen molar-refractivity contribution in [3.63, 3.8) is 0 Å². The van der Waals surface area contributed by atoms with Gasteiger partial charge in [-0.25, -0.2) is 4.98 Å². The van der Waals surface area contributed by atoms with Crippen LogP contribution >= 0.6 is 11.6 Å². The molecule has 0 aliphatic carbocycles. The Morgan fingerprint density at radius 1 is 1.65 bits per heavy atom. The number of hydrogen-bond donors (Lipinski definition) is 2. The predicted octanol–water partition coefficient (Wildman–Crippen LogP) is 2.15. The minimum atomic E-state index is -0.888. The molecule has 17 heavy (non-hydrogen) atoms. The van der Waals surface area contributed by atoms with Gasteiger partial charge in [-0.15, -0.1) is 0 Å². The molecular formula is C10H10ClN3O3. The Bertz CT molecular complexity index is 555. The molecule has 0 aliphatic heterocycles. The van der Waals surface area contributed by atoms with E-state index in [0.717, 1.165) is 0 Å². The first-order valence-electron chi connectivity index (χ1n) is 4.95. The molecule has 0 unspecified atom stereocenters. The highest BCUT2D eigenvalue weighted by Gasteiger charge is 2.13. The molecule has 2 N–H and O–H groups in total. The zero-order valence-corrected chi connectivity index (χ0v) is 9.73. The maximum atomic E-state index is 10.6. The molecule has 6 nitrogen and oxygen atoms in total. The van der Waals surface area contributed by atoms with E-state index in [9.17, 15) is 4.79 Å². The van der Waals surface area contributed by atoms with Crippen LogP contribution in [0.4, 0.5) is 5.82 Å². The molecule has 0 saturated carbocycles. The van der Waals surface area contributed by atoms with Gasteiger partial charge >= 0.3 is 5.97 Å². The van der Waals surface area contributed by atoms with Crippen LogP contribution in [0, 0.1) is 0 Å². The molecule has 0 amide bonds. The second kappa shape index (κ2) is 4.58. The minimum absolute atomic E-state index is 0.0240. The first-order chi connectivity index (χ1) is 8.06. The van der Waals surface area contributed by atoms with Gasteiger partial charge in [0.2, 0.25) is 5.28 Å². The molecule has 0 fully saturated rings. The van der Waals surface area contributed by atoms with Gasteiger partial charge in [-0.05, 0) is 18.5 Å². The van der Waals surface area contributed by atoms with Crippen molar-refractivity contribution < 1.29 is 14.3 Å². The Balaban J connectivity index is 2.28. The number of carboxylic acid groups (broad SMARTS) is 1. The summed E-state index contributed by atoms with van der Waals surface area (Å²) in [5, 5.41) is 11.7. The number of furan rings is 1. The molecule has 1 atom stereocenters. The average Bonchev–Trinajstić information content (AvgIpc) is 2.63. The lowest BCUT2D eigenvalue weighted by Crippen LogP contribution is -2.20. The van der Waals surface area contributed by atoms with Crippen molar-refractivity contribution in [2.75, 3.05) is 5.32 Å². The highest BCUT2D eigenvalue weighted by atomic mass is 35.5. The number of anilines is 1. The van der Waals surface area contributed by atoms with Gasteiger partial charge in [0.25, 0.3) is 0 Å². The first kappa shape index (κ1) is 11.7. The third kappa shape index (κ3) is 2.65. The van der Waals surface area contributed by atoms with Crippen LogP contribution in [0.1, 0.15) is 13.3 Å². The van der Waals surface area contributed by atoms with Crippen LogP contribution < -0.4 is 5.32 Å². The summed E-state index contributed by atoms with van der Waals surface area (Å²) in [7, 11) is 0. The lowest BCUT2D eigenvalue weighted by molar-refractivity contribution is -0.137. The Labute approximate surface area is 102 Å². The summed E-state index contributed by atoms with van der Waals surface area (Å²) in [4.78, 5) is 18.5. The number of hydrogen-bond acceptors (Lipinski definition) is 5. The number of aromatic nitrogens is 2. The van der Waals surface area contributed by atoms with Crippen molar-refractivity contribution in [1.29, 1.82) is 0 Å². The van der Waals surface area contributed by atoms with E-state index in [1.807, 2.05) is 0 Å². The predicted molar refractivity (Wildman–Crippen MR) is 62.2 cm³/mol. The third-order valence-electron chi connectivity index (χ3n) is 2.14. The molecule has 0 aromatic carbocycles. The van der Waals surface area contributed by atoms with E-state index in [1.54, 1.807) is 13.0 Å². The van der Waals surface area contributed by atoms with Crippen molar-refractivity contribution in [2.45, 2.75) is 19.4 Å². The van der Waals surface area contributed by atoms with E-state index in [4.69, 9.17) is 21.1 Å². The highest BCUT2D eigenvalue weighted by Crippen LogP contribution is 2.23. The Hall–Kier alpha value is -1.82. The number of nitrogens with one attached hydrogen (secondary N) is 1. The Morgan fingerprint density at radius 3 is 3.12 bits per heavy atom. The standard InChI is InChI=1S/C10H10ClN3O3/c1-5(4-7(15)16)12-9-8-6(2-3-17-8)13-10(11)14-9/h2-3,5H,4H2,1H3,(H,15,16)(H,12,13,14)/t5-/m0/s1. The zero-order valence-electron chi connectivity index (χ0n) is 8.98. The average molecular weight is 256 g/mol. The number of aliphatic carboxylic acids is 1. The summed E-state index contributed by atoms with van der Waals surface area (Å²) in [6.07, 6.45) is 1.45. The molecule has 0 aliphatic rings. The summed E-state index contributed by atoms with van der Waals surface area (Å²) in [6.45, 7) is 1.74. The molecule has 0 radical (unpaired) electrons. The maximum absolute atomic E-state index is 10.6. The SMILES string of the molecule is C[C@@H](CC(=O)O)Nc1nc(Cl)nc2ccoc12. The van der Waals surface area contributed by atoms with E-state index in [2.05, 4.69) is 15.3 Å². The lowest BCUT2D eigenvalue weighted by Gasteiger charge is -2.12. The van der Waals surface area contributed by atoms with Gasteiger partial charge in [-0.1, -0.05) is 0 Å². The summed E-state index contributed by atoms with van der Waals surface area (Å²) in [5.41, 5.74) is 1.04. The molecule has 0 bridgehead atoms. The molecule has 7 heteroatoms. The van der Waals surface area contributed by atoms with Crippen LogP contribution in [-0.4, -0.2) is 27.1 Å². The van der Waals surface area contributed by atoms with Gasteiger partial charge in [0, 0.05) is 12.1 Å². The second-order valence-corrected chi connectivity index (χ2v) is 3.96. The molecule has 2 aromatic heterocycles. The molecule has 90 valence electrons.